The van der Waals surface area contributed by atoms with Gasteiger partial charge in [0.15, 0.2) is 0 Å². The summed E-state index contributed by atoms with van der Waals surface area (Å²) < 4.78 is 6.59. The molecule has 1 amide bonds. The normalized spacial score (nSPS) is 15.3. The summed E-state index contributed by atoms with van der Waals surface area (Å²) in [7, 11) is 0. The third-order valence-corrected chi connectivity index (χ3v) is 4.48. The Morgan fingerprint density at radius 2 is 2.04 bits per heavy atom. The summed E-state index contributed by atoms with van der Waals surface area (Å²) in [6.45, 7) is 6.74. The Labute approximate surface area is 146 Å². The van der Waals surface area contributed by atoms with Crippen molar-refractivity contribution in [2.24, 2.45) is 0 Å². The van der Waals surface area contributed by atoms with E-state index >= 15 is 0 Å². The molecule has 0 bridgehead atoms. The van der Waals surface area contributed by atoms with Crippen molar-refractivity contribution in [1.29, 1.82) is 0 Å². The summed E-state index contributed by atoms with van der Waals surface area (Å²) in [5.41, 5.74) is 0. The Hall–Kier alpha value is -1.11. The van der Waals surface area contributed by atoms with E-state index in [1.807, 2.05) is 24.3 Å². The third-order valence-electron chi connectivity index (χ3n) is 3.83. The zero-order valence-electron chi connectivity index (χ0n) is 13.5. The van der Waals surface area contributed by atoms with Crippen LogP contribution in [-0.2, 0) is 4.79 Å². The molecule has 2 rings (SSSR count). The van der Waals surface area contributed by atoms with Crippen molar-refractivity contribution in [2.45, 2.75) is 19.3 Å². The van der Waals surface area contributed by atoms with Crippen LogP contribution in [-0.4, -0.2) is 56.7 Å². The van der Waals surface area contributed by atoms with E-state index in [0.717, 1.165) is 62.3 Å². The van der Waals surface area contributed by atoms with Gasteiger partial charge >= 0.3 is 0 Å². The lowest BCUT2D eigenvalue weighted by molar-refractivity contribution is -0.121. The zero-order valence-corrected chi connectivity index (χ0v) is 15.1. The van der Waals surface area contributed by atoms with E-state index in [0.29, 0.717) is 13.0 Å². The summed E-state index contributed by atoms with van der Waals surface area (Å²) in [6.07, 6.45) is 2.25. The van der Waals surface area contributed by atoms with Gasteiger partial charge in [0, 0.05) is 39.1 Å². The molecule has 0 radical (unpaired) electrons. The fourth-order valence-electron chi connectivity index (χ4n) is 2.53. The maximum absolute atomic E-state index is 11.8. The van der Waals surface area contributed by atoms with E-state index in [1.54, 1.807) is 0 Å². The Kier molecular flexibility index (Phi) is 8.42. The van der Waals surface area contributed by atoms with Crippen LogP contribution in [0.4, 0.5) is 0 Å². The highest BCUT2D eigenvalue weighted by Crippen LogP contribution is 2.23. The van der Waals surface area contributed by atoms with E-state index in [-0.39, 0.29) is 5.91 Å². The summed E-state index contributed by atoms with van der Waals surface area (Å²) in [4.78, 5) is 14.2. The predicted octanol–water partition coefficient (Wildman–Crippen LogP) is 2.02. The van der Waals surface area contributed by atoms with Crippen LogP contribution in [0.25, 0.3) is 0 Å². The van der Waals surface area contributed by atoms with Crippen molar-refractivity contribution in [3.05, 3.63) is 28.7 Å². The summed E-state index contributed by atoms with van der Waals surface area (Å²) in [5, 5.41) is 6.33. The van der Waals surface area contributed by atoms with Gasteiger partial charge in [0.05, 0.1) is 11.1 Å². The molecule has 6 heteroatoms. The number of halogens is 1. The second-order valence-corrected chi connectivity index (χ2v) is 6.53. The second kappa shape index (κ2) is 10.6. The van der Waals surface area contributed by atoms with E-state index in [4.69, 9.17) is 4.74 Å². The van der Waals surface area contributed by atoms with Gasteiger partial charge in [-0.3, -0.25) is 4.79 Å². The molecule has 1 aromatic carbocycles. The maximum Gasteiger partial charge on any atom is 0.220 e. The zero-order chi connectivity index (χ0) is 16.3. The molecule has 0 saturated carbocycles. The van der Waals surface area contributed by atoms with Crippen LogP contribution in [0.1, 0.15) is 19.3 Å². The molecule has 0 unspecified atom stereocenters. The molecule has 128 valence electrons. The van der Waals surface area contributed by atoms with E-state index in [2.05, 4.69) is 31.5 Å². The fraction of sp³-hybridized carbons (Fsp3) is 0.588. The number of ether oxygens (including phenoxy) is 1. The number of nitrogens with zero attached hydrogens (tertiary/aromatic N) is 1. The number of piperazine rings is 1. The fourth-order valence-corrected chi connectivity index (χ4v) is 2.93. The van der Waals surface area contributed by atoms with Gasteiger partial charge < -0.3 is 20.3 Å². The number of rotatable bonds is 9. The smallest absolute Gasteiger partial charge is 0.220 e. The lowest BCUT2D eigenvalue weighted by atomic mass is 10.3. The number of hydrogen-bond donors (Lipinski definition) is 2. The van der Waals surface area contributed by atoms with Crippen molar-refractivity contribution in [2.75, 3.05) is 45.9 Å². The molecule has 2 N–H and O–H groups in total. The number of amides is 1. The van der Waals surface area contributed by atoms with Gasteiger partial charge in [-0.05, 0) is 47.4 Å². The SMILES string of the molecule is O=C(CCCOc1ccccc1Br)NCCCN1CCNCC1. The standard InChI is InChI=1S/C17H26BrN3O2/c18-15-5-1-2-6-16(15)23-14-3-7-17(22)20-8-4-11-21-12-9-19-10-13-21/h1-2,5-6,19H,3-4,7-14H2,(H,20,22). The number of carbonyl (C=O) groups excluding carboxylic acids is 1. The molecule has 5 nitrogen and oxygen atoms in total. The lowest BCUT2D eigenvalue weighted by Crippen LogP contribution is -2.44. The van der Waals surface area contributed by atoms with Gasteiger partial charge in [-0.25, -0.2) is 0 Å². The van der Waals surface area contributed by atoms with Crippen LogP contribution in [0.3, 0.4) is 0 Å². The van der Waals surface area contributed by atoms with Crippen LogP contribution in [0, 0.1) is 0 Å². The van der Waals surface area contributed by atoms with Crippen LogP contribution in [0.2, 0.25) is 0 Å². The first-order chi connectivity index (χ1) is 11.3. The Balaban J connectivity index is 1.47. The van der Waals surface area contributed by atoms with Crippen molar-refractivity contribution in [1.82, 2.24) is 15.5 Å². The Morgan fingerprint density at radius 3 is 2.83 bits per heavy atom. The minimum Gasteiger partial charge on any atom is -0.492 e. The molecule has 1 saturated heterocycles. The number of hydrogen-bond acceptors (Lipinski definition) is 4. The van der Waals surface area contributed by atoms with Gasteiger partial charge in [-0.2, -0.15) is 0 Å². The lowest BCUT2D eigenvalue weighted by Gasteiger charge is -2.27. The van der Waals surface area contributed by atoms with Gasteiger partial charge in [0.25, 0.3) is 0 Å². The molecule has 23 heavy (non-hydrogen) atoms. The molecule has 0 aliphatic carbocycles. The monoisotopic (exact) mass is 383 g/mol. The van der Waals surface area contributed by atoms with Crippen molar-refractivity contribution in [3.63, 3.8) is 0 Å². The molecule has 1 heterocycles. The number of benzene rings is 1. The average Bonchev–Trinajstić information content (AvgIpc) is 2.58. The molecule has 1 aliphatic rings. The highest BCUT2D eigenvalue weighted by Gasteiger charge is 2.08. The first-order valence-electron chi connectivity index (χ1n) is 8.33. The summed E-state index contributed by atoms with van der Waals surface area (Å²) in [5.74, 6) is 0.935. The minimum absolute atomic E-state index is 0.112. The van der Waals surface area contributed by atoms with E-state index in [1.165, 1.54) is 0 Å². The molecule has 1 aromatic rings. The predicted molar refractivity (Wildman–Crippen MR) is 95.8 cm³/mol. The molecule has 1 aliphatic heterocycles. The molecule has 0 atom stereocenters. The highest BCUT2D eigenvalue weighted by atomic mass is 79.9. The number of carbonyl (C=O) groups is 1. The second-order valence-electron chi connectivity index (χ2n) is 5.68. The van der Waals surface area contributed by atoms with E-state index < -0.39 is 0 Å². The topological polar surface area (TPSA) is 53.6 Å². The highest BCUT2D eigenvalue weighted by molar-refractivity contribution is 9.10. The van der Waals surface area contributed by atoms with Crippen molar-refractivity contribution >= 4 is 21.8 Å². The molecule has 1 fully saturated rings. The van der Waals surface area contributed by atoms with Crippen molar-refractivity contribution in [3.8, 4) is 5.75 Å². The Morgan fingerprint density at radius 1 is 1.26 bits per heavy atom. The summed E-state index contributed by atoms with van der Waals surface area (Å²) >= 11 is 3.44. The molecule has 0 aromatic heterocycles. The van der Waals surface area contributed by atoms with Crippen LogP contribution >= 0.6 is 15.9 Å². The first-order valence-corrected chi connectivity index (χ1v) is 9.12. The van der Waals surface area contributed by atoms with Crippen LogP contribution in [0.5, 0.6) is 5.75 Å². The Bertz CT molecular complexity index is 479. The first kappa shape index (κ1) is 18.2. The van der Waals surface area contributed by atoms with Crippen LogP contribution < -0.4 is 15.4 Å². The molecule has 0 spiro atoms. The van der Waals surface area contributed by atoms with Gasteiger partial charge in [0.1, 0.15) is 5.75 Å². The molecular weight excluding hydrogens is 358 g/mol. The van der Waals surface area contributed by atoms with E-state index in [9.17, 15) is 4.79 Å². The van der Waals surface area contributed by atoms with Gasteiger partial charge in [-0.15, -0.1) is 0 Å². The summed E-state index contributed by atoms with van der Waals surface area (Å²) in [6, 6.07) is 7.75. The largest absolute Gasteiger partial charge is 0.492 e. The van der Waals surface area contributed by atoms with Gasteiger partial charge in [0.2, 0.25) is 5.91 Å². The number of para-hydroxylation sites is 1. The quantitative estimate of drug-likeness (QED) is 0.640. The number of nitrogens with one attached hydrogen (secondary N) is 2. The third kappa shape index (κ3) is 7.33. The van der Waals surface area contributed by atoms with Crippen molar-refractivity contribution < 1.29 is 9.53 Å². The van der Waals surface area contributed by atoms with Gasteiger partial charge in [-0.1, -0.05) is 12.1 Å². The minimum atomic E-state index is 0.112. The maximum atomic E-state index is 11.8. The van der Waals surface area contributed by atoms with Crippen LogP contribution in [0.15, 0.2) is 28.7 Å². The average molecular weight is 384 g/mol. The molecular formula is C17H26BrN3O2.